The molecular weight excluding hydrogens is 264 g/mol. The molecule has 0 aromatic carbocycles. The number of hydrogen-bond donors (Lipinski definition) is 0. The molecule has 0 radical (unpaired) electrons. The zero-order valence-electron chi connectivity index (χ0n) is 9.35. The first kappa shape index (κ1) is 14.4. The summed E-state index contributed by atoms with van der Waals surface area (Å²) >= 11 is 3.34. The molecule has 0 saturated carbocycles. The van der Waals surface area contributed by atoms with E-state index in [2.05, 4.69) is 22.9 Å². The van der Waals surface area contributed by atoms with Crippen molar-refractivity contribution in [1.29, 1.82) is 0 Å². The largest absolute Gasteiger partial charge is 0.229 e. The van der Waals surface area contributed by atoms with Gasteiger partial charge in [0.05, 0.1) is 11.5 Å². The summed E-state index contributed by atoms with van der Waals surface area (Å²) in [6.45, 7) is 6.02. The van der Waals surface area contributed by atoms with Crippen LogP contribution in [-0.4, -0.2) is 25.3 Å². The fraction of sp³-hybridized carbons (Fsp3) is 1.00. The smallest absolute Gasteiger partial charge is 0.150 e. The quantitative estimate of drug-likeness (QED) is 0.532. The van der Waals surface area contributed by atoms with E-state index in [1.165, 1.54) is 0 Å². The van der Waals surface area contributed by atoms with Gasteiger partial charge in [-0.15, -0.1) is 0 Å². The lowest BCUT2D eigenvalue weighted by molar-refractivity contribution is 0.474. The van der Waals surface area contributed by atoms with E-state index in [0.717, 1.165) is 24.6 Å². The van der Waals surface area contributed by atoms with Gasteiger partial charge in [0.2, 0.25) is 0 Å². The molecule has 0 heterocycles. The monoisotopic (exact) mass is 284 g/mol. The van der Waals surface area contributed by atoms with Crippen LogP contribution in [0, 0.1) is 5.41 Å². The van der Waals surface area contributed by atoms with Gasteiger partial charge in [0.1, 0.15) is 0 Å². The molecule has 0 aliphatic carbocycles. The summed E-state index contributed by atoms with van der Waals surface area (Å²) in [5, 5.41) is 0.729. The Bertz CT molecular complexity index is 245. The van der Waals surface area contributed by atoms with Gasteiger partial charge in [-0.05, 0) is 11.8 Å². The summed E-state index contributed by atoms with van der Waals surface area (Å²) in [5.74, 6) is 0.631. The fourth-order valence-corrected chi connectivity index (χ4v) is 3.82. The molecule has 0 N–H and O–H groups in total. The van der Waals surface area contributed by atoms with Crippen LogP contribution in [0.1, 0.15) is 40.0 Å². The third-order valence-electron chi connectivity index (χ3n) is 2.03. The van der Waals surface area contributed by atoms with Gasteiger partial charge in [0.25, 0.3) is 0 Å². The molecule has 0 bridgehead atoms. The maximum atomic E-state index is 11.7. The first-order valence-electron chi connectivity index (χ1n) is 5.09. The van der Waals surface area contributed by atoms with E-state index < -0.39 is 9.84 Å². The molecule has 0 spiro atoms. The van der Waals surface area contributed by atoms with E-state index >= 15 is 0 Å². The highest BCUT2D eigenvalue weighted by molar-refractivity contribution is 9.09. The Balaban J connectivity index is 4.08. The molecule has 0 aliphatic rings. The second kappa shape index (κ2) is 6.11. The Labute approximate surface area is 96.5 Å². The molecule has 0 aliphatic heterocycles. The number of hydrogen-bond acceptors (Lipinski definition) is 2. The lowest BCUT2D eigenvalue weighted by atomic mass is 10.0. The van der Waals surface area contributed by atoms with Crippen molar-refractivity contribution in [3.05, 3.63) is 0 Å². The molecule has 0 aromatic heterocycles. The minimum atomic E-state index is -2.85. The lowest BCUT2D eigenvalue weighted by Gasteiger charge is -2.21. The van der Waals surface area contributed by atoms with Crippen LogP contribution in [0.4, 0.5) is 0 Å². The number of unbranched alkanes of at least 4 members (excludes halogenated alkanes) is 2. The topological polar surface area (TPSA) is 34.1 Å². The van der Waals surface area contributed by atoms with E-state index in [0.29, 0.717) is 5.75 Å². The third kappa shape index (κ3) is 6.82. The number of sulfone groups is 1. The van der Waals surface area contributed by atoms with Gasteiger partial charge in [0.15, 0.2) is 9.84 Å². The predicted molar refractivity (Wildman–Crippen MR) is 65.8 cm³/mol. The predicted octanol–water partition coefficient (Wildman–Crippen LogP) is 3.01. The van der Waals surface area contributed by atoms with Crippen LogP contribution in [0.3, 0.4) is 0 Å². The fourth-order valence-electron chi connectivity index (χ4n) is 1.28. The summed E-state index contributed by atoms with van der Waals surface area (Å²) in [4.78, 5) is 0. The maximum Gasteiger partial charge on any atom is 0.150 e. The van der Waals surface area contributed by atoms with Gasteiger partial charge in [-0.2, -0.15) is 0 Å². The number of rotatable bonds is 7. The zero-order chi connectivity index (χ0) is 11.2. The van der Waals surface area contributed by atoms with Gasteiger partial charge >= 0.3 is 0 Å². The molecule has 14 heavy (non-hydrogen) atoms. The molecular formula is C10H21BrO2S. The van der Waals surface area contributed by atoms with Crippen molar-refractivity contribution in [1.82, 2.24) is 0 Å². The number of halogens is 1. The Morgan fingerprint density at radius 3 is 2.21 bits per heavy atom. The summed E-state index contributed by atoms with van der Waals surface area (Å²) < 4.78 is 23.3. The highest BCUT2D eigenvalue weighted by Gasteiger charge is 2.24. The summed E-state index contributed by atoms with van der Waals surface area (Å²) in [6.07, 6.45) is 2.88. The van der Waals surface area contributed by atoms with Gasteiger partial charge < -0.3 is 0 Å². The van der Waals surface area contributed by atoms with Gasteiger partial charge in [-0.3, -0.25) is 0 Å². The van der Waals surface area contributed by atoms with Crippen molar-refractivity contribution in [2.24, 2.45) is 5.41 Å². The second-order valence-corrected chi connectivity index (χ2v) is 7.34. The minimum Gasteiger partial charge on any atom is -0.229 e. The van der Waals surface area contributed by atoms with Crippen LogP contribution >= 0.6 is 15.9 Å². The van der Waals surface area contributed by atoms with Crippen molar-refractivity contribution in [3.8, 4) is 0 Å². The highest BCUT2D eigenvalue weighted by Crippen LogP contribution is 2.21. The Kier molecular flexibility index (Phi) is 6.30. The van der Waals surface area contributed by atoms with Crippen LogP contribution in [0.25, 0.3) is 0 Å². The lowest BCUT2D eigenvalue weighted by Crippen LogP contribution is -2.27. The third-order valence-corrected chi connectivity index (χ3v) is 5.68. The van der Waals surface area contributed by atoms with Crippen LogP contribution in [0.2, 0.25) is 0 Å². The van der Waals surface area contributed by atoms with Crippen LogP contribution < -0.4 is 0 Å². The van der Waals surface area contributed by atoms with E-state index in [-0.39, 0.29) is 11.2 Å². The van der Waals surface area contributed by atoms with Crippen LogP contribution in [-0.2, 0) is 9.84 Å². The Morgan fingerprint density at radius 2 is 1.79 bits per heavy atom. The van der Waals surface area contributed by atoms with E-state index in [1.807, 2.05) is 13.8 Å². The average Bonchev–Trinajstić information content (AvgIpc) is 2.03. The van der Waals surface area contributed by atoms with Crippen molar-refractivity contribution >= 4 is 25.8 Å². The Morgan fingerprint density at radius 1 is 1.21 bits per heavy atom. The molecule has 4 heteroatoms. The summed E-state index contributed by atoms with van der Waals surface area (Å²) in [7, 11) is -2.85. The van der Waals surface area contributed by atoms with Crippen molar-refractivity contribution < 1.29 is 8.42 Å². The molecule has 0 amide bonds. The van der Waals surface area contributed by atoms with Gasteiger partial charge in [-0.1, -0.05) is 49.5 Å². The zero-order valence-corrected chi connectivity index (χ0v) is 11.7. The van der Waals surface area contributed by atoms with E-state index in [9.17, 15) is 8.42 Å². The van der Waals surface area contributed by atoms with Crippen molar-refractivity contribution in [3.63, 3.8) is 0 Å². The SMILES string of the molecule is CCCCCS(=O)(=O)CC(C)(C)CBr. The Hall–Kier alpha value is 0.430. The van der Waals surface area contributed by atoms with Crippen LogP contribution in [0.15, 0.2) is 0 Å². The first-order valence-corrected chi connectivity index (χ1v) is 8.03. The number of alkyl halides is 1. The second-order valence-electron chi connectivity index (χ2n) is 4.60. The van der Waals surface area contributed by atoms with Gasteiger partial charge in [0, 0.05) is 5.33 Å². The molecule has 0 saturated heterocycles. The van der Waals surface area contributed by atoms with Crippen molar-refractivity contribution in [2.45, 2.75) is 40.0 Å². The summed E-state index contributed by atoms with van der Waals surface area (Å²) in [6, 6.07) is 0. The van der Waals surface area contributed by atoms with Crippen molar-refractivity contribution in [2.75, 3.05) is 16.8 Å². The molecule has 0 unspecified atom stereocenters. The normalized spacial score (nSPS) is 13.1. The standard InChI is InChI=1S/C10H21BrO2S/c1-4-5-6-7-14(12,13)9-10(2,3)8-11/h4-9H2,1-3H3. The molecule has 0 fully saturated rings. The first-order chi connectivity index (χ1) is 6.33. The average molecular weight is 285 g/mol. The molecule has 2 nitrogen and oxygen atoms in total. The summed E-state index contributed by atoms with van der Waals surface area (Å²) in [5.41, 5.74) is -0.148. The molecule has 0 aromatic rings. The van der Waals surface area contributed by atoms with E-state index in [4.69, 9.17) is 0 Å². The van der Waals surface area contributed by atoms with E-state index in [1.54, 1.807) is 0 Å². The molecule has 0 rings (SSSR count). The highest BCUT2D eigenvalue weighted by atomic mass is 79.9. The maximum absolute atomic E-state index is 11.7. The van der Waals surface area contributed by atoms with Gasteiger partial charge in [-0.25, -0.2) is 8.42 Å². The minimum absolute atomic E-state index is 0.148. The van der Waals surface area contributed by atoms with Crippen LogP contribution in [0.5, 0.6) is 0 Å². The molecule has 86 valence electrons. The molecule has 0 atom stereocenters.